The summed E-state index contributed by atoms with van der Waals surface area (Å²) in [5, 5.41) is 5.38. The number of aromatic nitrogens is 1. The lowest BCUT2D eigenvalue weighted by Gasteiger charge is -2.32. The average molecular weight is 466 g/mol. The Balaban J connectivity index is 1.36. The van der Waals surface area contributed by atoms with Gasteiger partial charge < -0.3 is 20.3 Å². The van der Waals surface area contributed by atoms with E-state index in [1.807, 2.05) is 11.0 Å². The number of methoxy groups -OCH3 is 1. The minimum Gasteiger partial charge on any atom is -0.495 e. The largest absolute Gasteiger partial charge is 0.495 e. The average Bonchev–Trinajstić information content (AvgIpc) is 2.86. The van der Waals surface area contributed by atoms with Gasteiger partial charge in [0.05, 0.1) is 18.5 Å². The molecule has 7 nitrogen and oxygen atoms in total. The number of rotatable bonds is 6. The summed E-state index contributed by atoms with van der Waals surface area (Å²) in [5.74, 6) is -1.21. The van der Waals surface area contributed by atoms with Crippen molar-refractivity contribution >= 4 is 29.0 Å². The maximum absolute atomic E-state index is 13.8. The SMILES string of the molecule is COc1ccccc1NC(=O)c1ccnc(N2CCC(C(=O)Nc3ccc(F)cc3F)CC2)c1. The molecule has 1 aromatic heterocycles. The third-order valence-corrected chi connectivity index (χ3v) is 5.74. The van der Waals surface area contributed by atoms with Gasteiger partial charge in [-0.15, -0.1) is 0 Å². The maximum atomic E-state index is 13.8. The summed E-state index contributed by atoms with van der Waals surface area (Å²) < 4.78 is 32.2. The van der Waals surface area contributed by atoms with Crippen LogP contribution in [0.15, 0.2) is 60.8 Å². The van der Waals surface area contributed by atoms with E-state index in [4.69, 9.17) is 4.74 Å². The lowest BCUT2D eigenvalue weighted by atomic mass is 9.95. The number of piperidine rings is 1. The molecule has 1 fully saturated rings. The van der Waals surface area contributed by atoms with Gasteiger partial charge in [-0.25, -0.2) is 13.8 Å². The van der Waals surface area contributed by atoms with Crippen LogP contribution in [-0.4, -0.2) is 37.0 Å². The molecule has 0 saturated carbocycles. The van der Waals surface area contributed by atoms with E-state index in [0.29, 0.717) is 48.7 Å². The predicted octanol–water partition coefficient (Wildman–Crippen LogP) is 4.48. The van der Waals surface area contributed by atoms with Gasteiger partial charge in [-0.05, 0) is 49.2 Å². The molecule has 2 aromatic carbocycles. The predicted molar refractivity (Wildman–Crippen MR) is 125 cm³/mol. The third-order valence-electron chi connectivity index (χ3n) is 5.74. The van der Waals surface area contributed by atoms with E-state index in [9.17, 15) is 18.4 Å². The number of benzene rings is 2. The fourth-order valence-electron chi connectivity index (χ4n) is 3.87. The molecular weight excluding hydrogens is 442 g/mol. The van der Waals surface area contributed by atoms with Crippen LogP contribution in [0.4, 0.5) is 26.0 Å². The number of halogens is 2. The number of ether oxygens (including phenoxy) is 1. The summed E-state index contributed by atoms with van der Waals surface area (Å²) in [7, 11) is 1.54. The zero-order valence-corrected chi connectivity index (χ0v) is 18.6. The van der Waals surface area contributed by atoms with Gasteiger partial charge in [-0.1, -0.05) is 12.1 Å². The highest BCUT2D eigenvalue weighted by molar-refractivity contribution is 6.05. The Hall–Kier alpha value is -4.01. The second-order valence-electron chi connectivity index (χ2n) is 7.93. The first-order chi connectivity index (χ1) is 16.4. The molecule has 0 bridgehead atoms. The van der Waals surface area contributed by atoms with Crippen molar-refractivity contribution in [1.29, 1.82) is 0 Å². The monoisotopic (exact) mass is 466 g/mol. The van der Waals surface area contributed by atoms with E-state index < -0.39 is 11.6 Å². The van der Waals surface area contributed by atoms with Crippen LogP contribution in [0.3, 0.4) is 0 Å². The van der Waals surface area contributed by atoms with Crippen LogP contribution in [-0.2, 0) is 4.79 Å². The van der Waals surface area contributed by atoms with Crippen molar-refractivity contribution in [1.82, 2.24) is 4.98 Å². The van der Waals surface area contributed by atoms with Crippen LogP contribution in [0.1, 0.15) is 23.2 Å². The zero-order chi connectivity index (χ0) is 24.1. The number of nitrogens with zero attached hydrogens (tertiary/aromatic N) is 2. The van der Waals surface area contributed by atoms with Gasteiger partial charge in [0.25, 0.3) is 5.91 Å². The standard InChI is InChI=1S/C25H24F2N4O3/c1-34-22-5-3-2-4-21(22)30-25(33)17-8-11-28-23(14-17)31-12-9-16(10-13-31)24(32)29-20-7-6-18(26)15-19(20)27/h2-8,11,14-16H,9-10,12-13H2,1H3,(H,29,32)(H,30,33). The molecule has 1 saturated heterocycles. The number of para-hydroxylation sites is 2. The van der Waals surface area contributed by atoms with Crippen molar-refractivity contribution in [2.45, 2.75) is 12.8 Å². The van der Waals surface area contributed by atoms with Crippen molar-refractivity contribution < 1.29 is 23.1 Å². The number of pyridine rings is 1. The molecule has 0 radical (unpaired) electrons. The highest BCUT2D eigenvalue weighted by Gasteiger charge is 2.26. The molecule has 1 aliphatic heterocycles. The minimum absolute atomic E-state index is 0.0377. The Bertz CT molecular complexity index is 1200. The molecule has 2 amide bonds. The third kappa shape index (κ3) is 5.31. The van der Waals surface area contributed by atoms with E-state index in [2.05, 4.69) is 15.6 Å². The van der Waals surface area contributed by atoms with Crippen molar-refractivity contribution in [2.75, 3.05) is 35.7 Å². The molecule has 0 atom stereocenters. The number of carbonyl (C=O) groups is 2. The first-order valence-electron chi connectivity index (χ1n) is 10.9. The Kier molecular flexibility index (Phi) is 7.01. The summed E-state index contributed by atoms with van der Waals surface area (Å²) in [4.78, 5) is 31.7. The van der Waals surface area contributed by atoms with Crippen molar-refractivity contribution in [3.63, 3.8) is 0 Å². The van der Waals surface area contributed by atoms with Gasteiger partial charge in [-0.3, -0.25) is 9.59 Å². The van der Waals surface area contributed by atoms with E-state index in [1.54, 1.807) is 36.5 Å². The van der Waals surface area contributed by atoms with E-state index >= 15 is 0 Å². The normalized spacial score (nSPS) is 13.9. The Morgan fingerprint density at radius 1 is 1.00 bits per heavy atom. The van der Waals surface area contributed by atoms with Gasteiger partial charge in [0.2, 0.25) is 5.91 Å². The minimum atomic E-state index is -0.807. The van der Waals surface area contributed by atoms with Crippen LogP contribution in [0.25, 0.3) is 0 Å². The topological polar surface area (TPSA) is 83.6 Å². The molecule has 1 aliphatic rings. The highest BCUT2D eigenvalue weighted by Crippen LogP contribution is 2.26. The fraction of sp³-hybridized carbons (Fsp3) is 0.240. The van der Waals surface area contributed by atoms with Crippen molar-refractivity contribution in [2.24, 2.45) is 5.92 Å². The van der Waals surface area contributed by atoms with Crippen LogP contribution < -0.4 is 20.3 Å². The van der Waals surface area contributed by atoms with E-state index in [0.717, 1.165) is 12.1 Å². The summed E-state index contributed by atoms with van der Waals surface area (Å²) in [6.07, 6.45) is 2.64. The highest BCUT2D eigenvalue weighted by atomic mass is 19.1. The molecule has 34 heavy (non-hydrogen) atoms. The molecule has 2 heterocycles. The fourth-order valence-corrected chi connectivity index (χ4v) is 3.87. The number of amides is 2. The molecule has 9 heteroatoms. The Morgan fingerprint density at radius 3 is 2.50 bits per heavy atom. The molecule has 0 unspecified atom stereocenters. The summed E-state index contributed by atoms with van der Waals surface area (Å²) in [5.41, 5.74) is 0.976. The number of nitrogens with one attached hydrogen (secondary N) is 2. The van der Waals surface area contributed by atoms with E-state index in [-0.39, 0.29) is 23.4 Å². The zero-order valence-electron chi connectivity index (χ0n) is 18.6. The molecule has 176 valence electrons. The van der Waals surface area contributed by atoms with Crippen LogP contribution in [0, 0.1) is 17.6 Å². The Labute approximate surface area is 195 Å². The summed E-state index contributed by atoms with van der Waals surface area (Å²) in [6.45, 7) is 1.10. The second-order valence-corrected chi connectivity index (χ2v) is 7.93. The van der Waals surface area contributed by atoms with Gasteiger partial charge in [0.15, 0.2) is 0 Å². The molecule has 2 N–H and O–H groups in total. The lowest BCUT2D eigenvalue weighted by molar-refractivity contribution is -0.120. The van der Waals surface area contributed by atoms with Crippen molar-refractivity contribution in [3.8, 4) is 5.75 Å². The van der Waals surface area contributed by atoms with Crippen molar-refractivity contribution in [3.05, 3.63) is 78.0 Å². The smallest absolute Gasteiger partial charge is 0.255 e. The number of carbonyl (C=O) groups excluding carboxylic acids is 2. The molecule has 3 aromatic rings. The number of anilines is 3. The van der Waals surface area contributed by atoms with E-state index in [1.165, 1.54) is 13.2 Å². The molecule has 0 aliphatic carbocycles. The maximum Gasteiger partial charge on any atom is 0.255 e. The summed E-state index contributed by atoms with van der Waals surface area (Å²) >= 11 is 0. The molecule has 0 spiro atoms. The lowest BCUT2D eigenvalue weighted by Crippen LogP contribution is -2.38. The van der Waals surface area contributed by atoms with Crippen LogP contribution >= 0.6 is 0 Å². The molecule has 4 rings (SSSR count). The summed E-state index contributed by atoms with van der Waals surface area (Å²) in [6, 6.07) is 13.5. The number of hydrogen-bond acceptors (Lipinski definition) is 5. The van der Waals surface area contributed by atoms with Crippen LogP contribution in [0.2, 0.25) is 0 Å². The van der Waals surface area contributed by atoms with Gasteiger partial charge >= 0.3 is 0 Å². The quantitative estimate of drug-likeness (QED) is 0.560. The van der Waals surface area contributed by atoms with Gasteiger partial charge in [0.1, 0.15) is 23.2 Å². The number of hydrogen-bond donors (Lipinski definition) is 2. The first-order valence-corrected chi connectivity index (χ1v) is 10.9. The van der Waals surface area contributed by atoms with Gasteiger partial charge in [0, 0.05) is 36.8 Å². The van der Waals surface area contributed by atoms with Crippen LogP contribution in [0.5, 0.6) is 5.75 Å². The molecular formula is C25H24F2N4O3. The second kappa shape index (κ2) is 10.3. The Morgan fingerprint density at radius 2 is 1.76 bits per heavy atom. The first kappa shape index (κ1) is 23.2. The van der Waals surface area contributed by atoms with Gasteiger partial charge in [-0.2, -0.15) is 0 Å².